The molecule has 2 aliphatic rings. The van der Waals surface area contributed by atoms with Gasteiger partial charge in [0.05, 0.1) is 6.54 Å². The van der Waals surface area contributed by atoms with Crippen LogP contribution in [0.5, 0.6) is 0 Å². The number of hydrogen-bond donors (Lipinski definition) is 1. The van der Waals surface area contributed by atoms with Gasteiger partial charge >= 0.3 is 0 Å². The summed E-state index contributed by atoms with van der Waals surface area (Å²) in [6.07, 6.45) is 4.01. The van der Waals surface area contributed by atoms with Crippen LogP contribution < -0.4 is 5.32 Å². The zero-order valence-electron chi connectivity index (χ0n) is 11.5. The highest BCUT2D eigenvalue weighted by Gasteiger charge is 2.22. The van der Waals surface area contributed by atoms with Gasteiger partial charge in [0.1, 0.15) is 11.5 Å². The van der Waals surface area contributed by atoms with E-state index in [1.54, 1.807) is 0 Å². The molecule has 3 nitrogen and oxygen atoms in total. The molecule has 0 amide bonds. The second-order valence-electron chi connectivity index (χ2n) is 6.08. The molecule has 1 aromatic heterocycles. The molecule has 1 N–H and O–H groups in total. The third-order valence-electron chi connectivity index (χ3n) is 4.12. The van der Waals surface area contributed by atoms with Gasteiger partial charge in [0.15, 0.2) is 0 Å². The lowest BCUT2D eigenvalue weighted by molar-refractivity contribution is 0.286. The van der Waals surface area contributed by atoms with Crippen LogP contribution in [-0.4, -0.2) is 24.0 Å². The molecule has 1 aromatic rings. The number of nitrogens with one attached hydrogen (secondary N) is 1. The zero-order chi connectivity index (χ0) is 12.5. The van der Waals surface area contributed by atoms with Crippen molar-refractivity contribution in [1.82, 2.24) is 10.2 Å². The number of likely N-dealkylation sites (tertiary alicyclic amines) is 1. The number of furan rings is 1. The lowest BCUT2D eigenvalue weighted by Gasteiger charge is -2.12. The van der Waals surface area contributed by atoms with Crippen molar-refractivity contribution in [1.29, 1.82) is 0 Å². The van der Waals surface area contributed by atoms with E-state index >= 15 is 0 Å². The van der Waals surface area contributed by atoms with E-state index in [2.05, 4.69) is 30.1 Å². The minimum absolute atomic E-state index is 0.766. The van der Waals surface area contributed by atoms with Crippen molar-refractivity contribution in [3.05, 3.63) is 23.2 Å². The summed E-state index contributed by atoms with van der Waals surface area (Å²) in [5.74, 6) is 3.07. The van der Waals surface area contributed by atoms with Crippen molar-refractivity contribution in [2.24, 2.45) is 5.92 Å². The summed E-state index contributed by atoms with van der Waals surface area (Å²) in [6.45, 7) is 8.80. The second-order valence-corrected chi connectivity index (χ2v) is 6.08. The third-order valence-corrected chi connectivity index (χ3v) is 4.12. The summed E-state index contributed by atoms with van der Waals surface area (Å²) < 4.78 is 5.88. The SMILES string of the molecule is Cc1oc(CN2CCC(C)C2)cc1CNC1CC1. The Labute approximate surface area is 110 Å². The summed E-state index contributed by atoms with van der Waals surface area (Å²) in [7, 11) is 0. The van der Waals surface area contributed by atoms with Crippen LogP contribution in [0.2, 0.25) is 0 Å². The summed E-state index contributed by atoms with van der Waals surface area (Å²) in [5.41, 5.74) is 1.34. The number of aryl methyl sites for hydroxylation is 1. The van der Waals surface area contributed by atoms with Crippen LogP contribution in [0.25, 0.3) is 0 Å². The summed E-state index contributed by atoms with van der Waals surface area (Å²) in [6, 6.07) is 3.01. The van der Waals surface area contributed by atoms with Gasteiger partial charge in [-0.05, 0) is 44.7 Å². The maximum absolute atomic E-state index is 5.88. The molecule has 3 rings (SSSR count). The van der Waals surface area contributed by atoms with Crippen LogP contribution >= 0.6 is 0 Å². The molecule has 0 spiro atoms. The highest BCUT2D eigenvalue weighted by molar-refractivity contribution is 5.21. The van der Waals surface area contributed by atoms with E-state index in [0.29, 0.717) is 0 Å². The maximum atomic E-state index is 5.88. The van der Waals surface area contributed by atoms with Gasteiger partial charge in [-0.3, -0.25) is 4.90 Å². The lowest BCUT2D eigenvalue weighted by Crippen LogP contribution is -2.19. The Hall–Kier alpha value is -0.800. The fraction of sp³-hybridized carbons (Fsp3) is 0.733. The van der Waals surface area contributed by atoms with Crippen molar-refractivity contribution in [2.75, 3.05) is 13.1 Å². The molecule has 100 valence electrons. The van der Waals surface area contributed by atoms with E-state index < -0.39 is 0 Å². The number of rotatable bonds is 5. The Bertz CT molecular complexity index is 409. The van der Waals surface area contributed by atoms with Gasteiger partial charge in [-0.1, -0.05) is 6.92 Å². The molecule has 0 bridgehead atoms. The average Bonchev–Trinajstić information content (AvgIpc) is 2.98. The Morgan fingerprint density at radius 2 is 2.22 bits per heavy atom. The van der Waals surface area contributed by atoms with Crippen LogP contribution in [0.4, 0.5) is 0 Å². The monoisotopic (exact) mass is 248 g/mol. The smallest absolute Gasteiger partial charge is 0.118 e. The van der Waals surface area contributed by atoms with E-state index in [1.165, 1.54) is 37.9 Å². The molecule has 0 radical (unpaired) electrons. The first-order valence-corrected chi connectivity index (χ1v) is 7.24. The van der Waals surface area contributed by atoms with Crippen molar-refractivity contribution < 1.29 is 4.42 Å². The molecular formula is C15H24N2O. The quantitative estimate of drug-likeness (QED) is 0.868. The number of nitrogens with zero attached hydrogens (tertiary/aromatic N) is 1. The first kappa shape index (κ1) is 12.2. The van der Waals surface area contributed by atoms with E-state index in [9.17, 15) is 0 Å². The third kappa shape index (κ3) is 2.96. The van der Waals surface area contributed by atoms with Crippen LogP contribution in [0, 0.1) is 12.8 Å². The summed E-state index contributed by atoms with van der Waals surface area (Å²) >= 11 is 0. The molecule has 18 heavy (non-hydrogen) atoms. The van der Waals surface area contributed by atoms with Gasteiger partial charge < -0.3 is 9.73 Å². The van der Waals surface area contributed by atoms with Crippen LogP contribution in [0.3, 0.4) is 0 Å². The van der Waals surface area contributed by atoms with Gasteiger partial charge in [-0.2, -0.15) is 0 Å². The summed E-state index contributed by atoms with van der Waals surface area (Å²) in [5, 5.41) is 3.55. The molecule has 2 fully saturated rings. The Morgan fingerprint density at radius 3 is 2.89 bits per heavy atom. The van der Waals surface area contributed by atoms with Crippen LogP contribution in [-0.2, 0) is 13.1 Å². The van der Waals surface area contributed by atoms with Gasteiger partial charge in [0.25, 0.3) is 0 Å². The molecule has 0 aromatic carbocycles. The molecule has 1 saturated heterocycles. The highest BCUT2D eigenvalue weighted by atomic mass is 16.3. The predicted molar refractivity (Wildman–Crippen MR) is 72.4 cm³/mol. The Balaban J connectivity index is 1.56. The predicted octanol–water partition coefficient (Wildman–Crippen LogP) is 2.68. The fourth-order valence-electron chi connectivity index (χ4n) is 2.77. The second kappa shape index (κ2) is 5.06. The largest absolute Gasteiger partial charge is 0.465 e. The van der Waals surface area contributed by atoms with Gasteiger partial charge in [0.2, 0.25) is 0 Å². The highest BCUT2D eigenvalue weighted by Crippen LogP contribution is 2.23. The first-order chi connectivity index (χ1) is 8.70. The van der Waals surface area contributed by atoms with E-state index in [0.717, 1.165) is 36.6 Å². The van der Waals surface area contributed by atoms with Crippen molar-refractivity contribution in [2.45, 2.75) is 52.2 Å². The Morgan fingerprint density at radius 1 is 1.39 bits per heavy atom. The van der Waals surface area contributed by atoms with Gasteiger partial charge in [-0.15, -0.1) is 0 Å². The van der Waals surface area contributed by atoms with Crippen molar-refractivity contribution in [3.8, 4) is 0 Å². The lowest BCUT2D eigenvalue weighted by atomic mass is 10.2. The van der Waals surface area contributed by atoms with Crippen molar-refractivity contribution >= 4 is 0 Å². The van der Waals surface area contributed by atoms with Gasteiger partial charge in [-0.25, -0.2) is 0 Å². The van der Waals surface area contributed by atoms with Crippen LogP contribution in [0.1, 0.15) is 43.3 Å². The molecule has 1 aliphatic heterocycles. The van der Waals surface area contributed by atoms with Crippen molar-refractivity contribution in [3.63, 3.8) is 0 Å². The minimum Gasteiger partial charge on any atom is -0.465 e. The van der Waals surface area contributed by atoms with E-state index in [-0.39, 0.29) is 0 Å². The molecule has 2 heterocycles. The molecule has 3 heteroatoms. The Kier molecular flexibility index (Phi) is 3.44. The van der Waals surface area contributed by atoms with E-state index in [1.807, 2.05) is 0 Å². The van der Waals surface area contributed by atoms with Crippen LogP contribution in [0.15, 0.2) is 10.5 Å². The average molecular weight is 248 g/mol. The van der Waals surface area contributed by atoms with E-state index in [4.69, 9.17) is 4.42 Å². The standard InChI is InChI=1S/C15H24N2O/c1-11-5-6-17(9-11)10-15-7-13(12(2)18-15)8-16-14-3-4-14/h7,11,14,16H,3-6,8-10H2,1-2H3. The minimum atomic E-state index is 0.766. The number of hydrogen-bond acceptors (Lipinski definition) is 3. The summed E-state index contributed by atoms with van der Waals surface area (Å²) in [4.78, 5) is 2.50. The molecule has 1 atom stereocenters. The normalized spacial score (nSPS) is 24.9. The molecular weight excluding hydrogens is 224 g/mol. The maximum Gasteiger partial charge on any atom is 0.118 e. The fourth-order valence-corrected chi connectivity index (χ4v) is 2.77. The first-order valence-electron chi connectivity index (χ1n) is 7.24. The molecule has 1 saturated carbocycles. The molecule has 1 aliphatic carbocycles. The zero-order valence-corrected chi connectivity index (χ0v) is 11.5. The topological polar surface area (TPSA) is 28.4 Å². The van der Waals surface area contributed by atoms with Gasteiger partial charge in [0, 0.05) is 24.7 Å². The molecule has 1 unspecified atom stereocenters.